The van der Waals surface area contributed by atoms with Crippen LogP contribution < -0.4 is 10.3 Å². The first kappa shape index (κ1) is 22.1. The molecule has 2 atom stereocenters. The molecule has 1 aliphatic rings. The number of rotatable bonds is 7. The summed E-state index contributed by atoms with van der Waals surface area (Å²) in [5.74, 6) is -0.755. The molecule has 32 heavy (non-hydrogen) atoms. The van der Waals surface area contributed by atoms with Gasteiger partial charge in [-0.15, -0.1) is 0 Å². The highest BCUT2D eigenvalue weighted by Crippen LogP contribution is 2.38. The minimum absolute atomic E-state index is 0.200. The number of halogens is 1. The predicted molar refractivity (Wildman–Crippen MR) is 118 cm³/mol. The van der Waals surface area contributed by atoms with Crippen molar-refractivity contribution in [3.8, 4) is 28.1 Å². The number of benzene rings is 1. The van der Waals surface area contributed by atoms with Gasteiger partial charge in [0.25, 0.3) is 5.56 Å². The van der Waals surface area contributed by atoms with Gasteiger partial charge in [0.15, 0.2) is 0 Å². The van der Waals surface area contributed by atoms with Gasteiger partial charge in [-0.3, -0.25) is 9.36 Å². The van der Waals surface area contributed by atoms with Crippen molar-refractivity contribution < 1.29 is 23.9 Å². The molecule has 3 heterocycles. The molecule has 1 N–H and O–H groups in total. The quantitative estimate of drug-likeness (QED) is 0.558. The monoisotopic (exact) mass is 458 g/mol. The van der Waals surface area contributed by atoms with Crippen LogP contribution in [0.3, 0.4) is 0 Å². The molecular formula is C23H23ClN2O6. The number of methoxy groups -OCH3 is 1. The lowest BCUT2D eigenvalue weighted by atomic mass is 9.97. The predicted octanol–water partition coefficient (Wildman–Crippen LogP) is 4.42. The summed E-state index contributed by atoms with van der Waals surface area (Å²) in [4.78, 5) is 25.1. The van der Waals surface area contributed by atoms with E-state index in [-0.39, 0.29) is 12.5 Å². The first-order valence-electron chi connectivity index (χ1n) is 10.3. The largest absolute Gasteiger partial charge is 0.495 e. The SMILES string of the molecule is COc1cn(C(CC2CCCCO2)C(=O)O)c(=O)cc1-c1cc(Cl)ccc1-c1ccon1. The minimum atomic E-state index is -1.10. The van der Waals surface area contributed by atoms with E-state index in [1.807, 2.05) is 0 Å². The lowest BCUT2D eigenvalue weighted by Crippen LogP contribution is -2.33. The van der Waals surface area contributed by atoms with Gasteiger partial charge in [-0.2, -0.15) is 0 Å². The summed E-state index contributed by atoms with van der Waals surface area (Å²) in [6.45, 7) is 0.605. The average Bonchev–Trinajstić information content (AvgIpc) is 3.33. The van der Waals surface area contributed by atoms with Crippen molar-refractivity contribution in [3.63, 3.8) is 0 Å². The van der Waals surface area contributed by atoms with Crippen LogP contribution >= 0.6 is 11.6 Å². The third kappa shape index (κ3) is 4.56. The molecule has 1 aliphatic heterocycles. The Hall–Kier alpha value is -3.10. The van der Waals surface area contributed by atoms with Crippen LogP contribution in [0.25, 0.3) is 22.4 Å². The number of pyridine rings is 1. The number of hydrogen-bond donors (Lipinski definition) is 1. The van der Waals surface area contributed by atoms with Gasteiger partial charge >= 0.3 is 5.97 Å². The molecule has 1 fully saturated rings. The lowest BCUT2D eigenvalue weighted by molar-refractivity contribution is -0.142. The first-order valence-corrected chi connectivity index (χ1v) is 10.7. The first-order chi connectivity index (χ1) is 15.5. The van der Waals surface area contributed by atoms with Crippen molar-refractivity contribution in [3.05, 3.63) is 58.2 Å². The molecule has 9 heteroatoms. The van der Waals surface area contributed by atoms with Crippen molar-refractivity contribution in [2.75, 3.05) is 13.7 Å². The van der Waals surface area contributed by atoms with E-state index in [1.165, 1.54) is 30.2 Å². The zero-order valence-corrected chi connectivity index (χ0v) is 18.2. The Kier molecular flexibility index (Phi) is 6.62. The van der Waals surface area contributed by atoms with E-state index < -0.39 is 17.6 Å². The lowest BCUT2D eigenvalue weighted by Gasteiger charge is -2.26. The normalized spacial score (nSPS) is 17.1. The van der Waals surface area contributed by atoms with Gasteiger partial charge < -0.3 is 19.1 Å². The van der Waals surface area contributed by atoms with E-state index in [2.05, 4.69) is 5.16 Å². The fourth-order valence-corrected chi connectivity index (χ4v) is 4.21. The van der Waals surface area contributed by atoms with E-state index in [0.717, 1.165) is 19.3 Å². The molecule has 0 saturated carbocycles. The Labute approximate surface area is 189 Å². The molecule has 0 amide bonds. The van der Waals surface area contributed by atoms with Crippen LogP contribution in [0.1, 0.15) is 31.7 Å². The summed E-state index contributed by atoms with van der Waals surface area (Å²) in [7, 11) is 1.47. The highest BCUT2D eigenvalue weighted by atomic mass is 35.5. The van der Waals surface area contributed by atoms with Crippen LogP contribution in [0.4, 0.5) is 0 Å². The summed E-state index contributed by atoms with van der Waals surface area (Å²) in [5.41, 5.74) is 1.90. The molecule has 8 nitrogen and oxygen atoms in total. The molecule has 0 aliphatic carbocycles. The van der Waals surface area contributed by atoms with E-state index in [1.54, 1.807) is 24.3 Å². The molecule has 0 radical (unpaired) electrons. The van der Waals surface area contributed by atoms with E-state index in [4.69, 9.17) is 25.6 Å². The molecule has 4 rings (SSSR count). The number of ether oxygens (including phenoxy) is 2. The van der Waals surface area contributed by atoms with Crippen molar-refractivity contribution in [2.45, 2.75) is 37.8 Å². The highest BCUT2D eigenvalue weighted by molar-refractivity contribution is 6.31. The van der Waals surface area contributed by atoms with Crippen molar-refractivity contribution in [1.82, 2.24) is 9.72 Å². The summed E-state index contributed by atoms with van der Waals surface area (Å²) < 4.78 is 17.4. The van der Waals surface area contributed by atoms with Gasteiger partial charge in [0, 0.05) is 41.3 Å². The molecule has 1 aromatic carbocycles. The number of carboxylic acid groups (broad SMARTS) is 1. The summed E-state index contributed by atoms with van der Waals surface area (Å²) >= 11 is 6.24. The van der Waals surface area contributed by atoms with Crippen LogP contribution in [0, 0.1) is 0 Å². The summed E-state index contributed by atoms with van der Waals surface area (Å²) in [6, 6.07) is 7.20. The van der Waals surface area contributed by atoms with Crippen LogP contribution in [0.2, 0.25) is 5.02 Å². The highest BCUT2D eigenvalue weighted by Gasteiger charge is 2.28. The number of carbonyl (C=O) groups is 1. The Bertz CT molecular complexity index is 1150. The molecule has 2 unspecified atom stereocenters. The Morgan fingerprint density at radius 3 is 2.78 bits per heavy atom. The Balaban J connectivity index is 1.79. The molecule has 168 valence electrons. The van der Waals surface area contributed by atoms with Crippen molar-refractivity contribution >= 4 is 17.6 Å². The van der Waals surface area contributed by atoms with Gasteiger partial charge in [0.1, 0.15) is 23.7 Å². The maximum atomic E-state index is 13.1. The zero-order chi connectivity index (χ0) is 22.7. The zero-order valence-electron chi connectivity index (χ0n) is 17.5. The number of hydrogen-bond acceptors (Lipinski definition) is 6. The topological polar surface area (TPSA) is 104 Å². The number of aromatic nitrogens is 2. The minimum Gasteiger partial charge on any atom is -0.495 e. The Morgan fingerprint density at radius 1 is 1.28 bits per heavy atom. The van der Waals surface area contributed by atoms with Gasteiger partial charge in [-0.05, 0) is 37.0 Å². The van der Waals surface area contributed by atoms with Gasteiger partial charge in [-0.25, -0.2) is 4.79 Å². The number of carboxylic acids is 1. The Morgan fingerprint density at radius 2 is 2.12 bits per heavy atom. The standard InChI is InChI=1S/C23H23ClN2O6/c1-30-21-13-26(20(23(28)29)11-15-4-2-3-8-31-15)22(27)12-18(21)17-10-14(24)5-6-16(17)19-7-9-32-25-19/h5-7,9-10,12-13,15,20H,2-4,8,11H2,1H3,(H,28,29). The van der Waals surface area contributed by atoms with Crippen LogP contribution in [0.5, 0.6) is 5.75 Å². The second-order valence-corrected chi connectivity index (χ2v) is 8.09. The molecule has 0 spiro atoms. The van der Waals surface area contributed by atoms with Crippen LogP contribution in [-0.2, 0) is 9.53 Å². The average molecular weight is 459 g/mol. The molecule has 2 aromatic heterocycles. The van der Waals surface area contributed by atoms with E-state index >= 15 is 0 Å². The number of aliphatic carboxylic acids is 1. The second-order valence-electron chi connectivity index (χ2n) is 7.65. The van der Waals surface area contributed by atoms with Gasteiger partial charge in [0.2, 0.25) is 0 Å². The third-order valence-electron chi connectivity index (χ3n) is 5.63. The molecular weight excluding hydrogens is 436 g/mol. The summed E-state index contributed by atoms with van der Waals surface area (Å²) in [5, 5.41) is 14.3. The van der Waals surface area contributed by atoms with Crippen LogP contribution in [0.15, 0.2) is 52.1 Å². The van der Waals surface area contributed by atoms with E-state index in [0.29, 0.717) is 39.8 Å². The maximum Gasteiger partial charge on any atom is 0.326 e. The molecule has 3 aromatic rings. The molecule has 0 bridgehead atoms. The van der Waals surface area contributed by atoms with Crippen molar-refractivity contribution in [2.24, 2.45) is 0 Å². The van der Waals surface area contributed by atoms with E-state index in [9.17, 15) is 14.7 Å². The van der Waals surface area contributed by atoms with Gasteiger partial charge in [0.05, 0.1) is 19.4 Å². The second kappa shape index (κ2) is 9.58. The van der Waals surface area contributed by atoms with Gasteiger partial charge in [-0.1, -0.05) is 22.8 Å². The maximum absolute atomic E-state index is 13.1. The van der Waals surface area contributed by atoms with Crippen LogP contribution in [-0.4, -0.2) is 40.6 Å². The van der Waals surface area contributed by atoms with Crippen molar-refractivity contribution in [1.29, 1.82) is 0 Å². The fraction of sp³-hybridized carbons (Fsp3) is 0.348. The summed E-state index contributed by atoms with van der Waals surface area (Å²) in [6.07, 6.45) is 5.61. The third-order valence-corrected chi connectivity index (χ3v) is 5.87. The smallest absolute Gasteiger partial charge is 0.326 e. The number of nitrogens with zero attached hydrogens (tertiary/aromatic N) is 2. The molecule has 1 saturated heterocycles. The fourth-order valence-electron chi connectivity index (χ4n) is 4.04.